The maximum atomic E-state index is 13.1. The van der Waals surface area contributed by atoms with Crippen LogP contribution < -0.4 is 5.32 Å². The lowest BCUT2D eigenvalue weighted by Gasteiger charge is -2.38. The lowest BCUT2D eigenvalue weighted by atomic mass is 9.77. The molecule has 2 amide bonds. The second kappa shape index (κ2) is 9.51. The molecule has 4 atom stereocenters. The average molecular weight is 413 g/mol. The number of carbonyl (C=O) groups excluding carboxylic acids is 2. The van der Waals surface area contributed by atoms with Crippen molar-refractivity contribution in [3.63, 3.8) is 0 Å². The number of ether oxygens (including phenoxy) is 1. The van der Waals surface area contributed by atoms with E-state index in [0.29, 0.717) is 17.8 Å². The Morgan fingerprint density at radius 3 is 2.43 bits per heavy atom. The van der Waals surface area contributed by atoms with E-state index in [1.165, 1.54) is 31.2 Å². The Bertz CT molecular complexity index is 743. The summed E-state index contributed by atoms with van der Waals surface area (Å²) in [7, 11) is 0. The van der Waals surface area contributed by atoms with Crippen molar-refractivity contribution in [1.82, 2.24) is 10.2 Å². The fourth-order valence-electron chi connectivity index (χ4n) is 5.10. The van der Waals surface area contributed by atoms with Gasteiger partial charge in [0.2, 0.25) is 5.91 Å². The lowest BCUT2D eigenvalue weighted by molar-refractivity contribution is -0.122. The summed E-state index contributed by atoms with van der Waals surface area (Å²) >= 11 is 0. The van der Waals surface area contributed by atoms with Crippen LogP contribution in [0.4, 0.5) is 0 Å². The fraction of sp³-hybridized carbons (Fsp3) is 0.680. The summed E-state index contributed by atoms with van der Waals surface area (Å²) in [6.45, 7) is 6.18. The van der Waals surface area contributed by atoms with Crippen LogP contribution in [0.5, 0.6) is 0 Å². The van der Waals surface area contributed by atoms with Crippen LogP contribution in [0.25, 0.3) is 0 Å². The molecule has 0 radical (unpaired) electrons. The van der Waals surface area contributed by atoms with Crippen molar-refractivity contribution >= 4 is 11.8 Å². The zero-order valence-electron chi connectivity index (χ0n) is 18.4. The number of hydrogen-bond donors (Lipinski definition) is 1. The second-order valence-corrected chi connectivity index (χ2v) is 9.62. The minimum atomic E-state index is 0.00700. The van der Waals surface area contributed by atoms with Gasteiger partial charge in [0.25, 0.3) is 5.91 Å². The summed E-state index contributed by atoms with van der Waals surface area (Å²) < 4.78 is 6.24. The van der Waals surface area contributed by atoms with E-state index in [-0.39, 0.29) is 24.0 Å². The molecule has 0 aromatic heterocycles. The Labute approximate surface area is 180 Å². The number of unbranched alkanes of at least 4 members (excludes halogenated alkanes) is 1. The lowest BCUT2D eigenvalue weighted by Crippen LogP contribution is -2.50. The molecule has 3 aliphatic rings. The molecule has 1 N–H and O–H groups in total. The van der Waals surface area contributed by atoms with Gasteiger partial charge in [-0.2, -0.15) is 0 Å². The van der Waals surface area contributed by atoms with Gasteiger partial charge in [-0.15, -0.1) is 0 Å². The molecular weight excluding hydrogens is 376 g/mol. The summed E-state index contributed by atoms with van der Waals surface area (Å²) in [6, 6.07) is 8.23. The molecule has 0 spiro atoms. The molecule has 1 saturated heterocycles. The summed E-state index contributed by atoms with van der Waals surface area (Å²) in [5, 5.41) is 3.12. The smallest absolute Gasteiger partial charge is 0.253 e. The molecule has 0 bridgehead atoms. The molecule has 3 fully saturated rings. The summed E-state index contributed by atoms with van der Waals surface area (Å²) in [5.41, 5.74) is 2.09. The average Bonchev–Trinajstić information content (AvgIpc) is 3.48. The first kappa shape index (κ1) is 21.4. The van der Waals surface area contributed by atoms with Gasteiger partial charge in [-0.1, -0.05) is 25.5 Å². The van der Waals surface area contributed by atoms with E-state index in [0.717, 1.165) is 44.5 Å². The van der Waals surface area contributed by atoms with Crippen LogP contribution >= 0.6 is 0 Å². The molecule has 1 aliphatic heterocycles. The van der Waals surface area contributed by atoms with E-state index in [1.807, 2.05) is 17.0 Å². The molecule has 164 valence electrons. The zero-order chi connectivity index (χ0) is 21.1. The highest BCUT2D eigenvalue weighted by molar-refractivity contribution is 5.94. The number of rotatable bonds is 8. The maximum absolute atomic E-state index is 13.1. The highest BCUT2D eigenvalue weighted by Gasteiger charge is 2.44. The van der Waals surface area contributed by atoms with Crippen molar-refractivity contribution in [1.29, 1.82) is 0 Å². The summed E-state index contributed by atoms with van der Waals surface area (Å²) in [5.74, 6) is 1.76. The van der Waals surface area contributed by atoms with Gasteiger partial charge in [-0.25, -0.2) is 0 Å². The first-order valence-corrected chi connectivity index (χ1v) is 11.8. The Morgan fingerprint density at radius 1 is 1.10 bits per heavy atom. The van der Waals surface area contributed by atoms with Gasteiger partial charge in [0, 0.05) is 32.2 Å². The standard InChI is InChI=1S/C25H36N2O3/c1-3-4-5-18-8-10-20(11-9-18)25(29)27-14-21-12-23(26-17(2)28)24(13-22(21)15-27)30-16-19-6-7-19/h8-11,19,21-24H,3-7,12-16H2,1-2H3,(H,26,28)/t21-,22+,23-,24-/m1/s1. The Kier molecular flexibility index (Phi) is 6.77. The first-order valence-electron chi connectivity index (χ1n) is 11.8. The van der Waals surface area contributed by atoms with Gasteiger partial charge in [-0.05, 0) is 74.0 Å². The van der Waals surface area contributed by atoms with Crippen LogP contribution in [0.15, 0.2) is 24.3 Å². The molecule has 5 nitrogen and oxygen atoms in total. The maximum Gasteiger partial charge on any atom is 0.253 e. The molecule has 4 rings (SSSR count). The summed E-state index contributed by atoms with van der Waals surface area (Å²) in [4.78, 5) is 26.8. The van der Waals surface area contributed by atoms with Gasteiger partial charge < -0.3 is 15.0 Å². The number of benzene rings is 1. The van der Waals surface area contributed by atoms with E-state index < -0.39 is 0 Å². The molecule has 0 unspecified atom stereocenters. The highest BCUT2D eigenvalue weighted by Crippen LogP contribution is 2.39. The SMILES string of the molecule is CCCCc1ccc(C(=O)N2C[C@H]3C[C@@H](NC(C)=O)[C@H](OCC4CC4)C[C@H]3C2)cc1. The Morgan fingerprint density at radius 2 is 1.80 bits per heavy atom. The number of amides is 2. The Balaban J connectivity index is 1.37. The molecule has 1 aromatic carbocycles. The predicted octanol–water partition coefficient (Wildman–Crippen LogP) is 3.81. The molecule has 1 aromatic rings. The number of fused-ring (bicyclic) bond motifs is 1. The molecule has 2 aliphatic carbocycles. The van der Waals surface area contributed by atoms with Crippen molar-refractivity contribution in [2.75, 3.05) is 19.7 Å². The van der Waals surface area contributed by atoms with Crippen LogP contribution in [0.3, 0.4) is 0 Å². The predicted molar refractivity (Wildman–Crippen MR) is 117 cm³/mol. The molecule has 1 heterocycles. The van der Waals surface area contributed by atoms with Crippen LogP contribution in [0, 0.1) is 17.8 Å². The van der Waals surface area contributed by atoms with Crippen LogP contribution in [0.1, 0.15) is 68.3 Å². The normalized spacial score (nSPS) is 28.3. The number of nitrogens with one attached hydrogen (secondary N) is 1. The topological polar surface area (TPSA) is 58.6 Å². The molecule has 30 heavy (non-hydrogen) atoms. The van der Waals surface area contributed by atoms with Crippen molar-refractivity contribution in [2.45, 2.75) is 70.9 Å². The van der Waals surface area contributed by atoms with Gasteiger partial charge in [-0.3, -0.25) is 9.59 Å². The third-order valence-electron chi connectivity index (χ3n) is 7.06. The minimum absolute atomic E-state index is 0.00700. The number of likely N-dealkylation sites (tertiary alicyclic amines) is 1. The number of nitrogens with zero attached hydrogens (tertiary/aromatic N) is 1. The number of hydrogen-bond acceptors (Lipinski definition) is 3. The second-order valence-electron chi connectivity index (χ2n) is 9.62. The van der Waals surface area contributed by atoms with Crippen molar-refractivity contribution in [3.8, 4) is 0 Å². The van der Waals surface area contributed by atoms with Gasteiger partial charge >= 0.3 is 0 Å². The molecular formula is C25H36N2O3. The third kappa shape index (κ3) is 5.23. The van der Waals surface area contributed by atoms with Gasteiger partial charge in [0.15, 0.2) is 0 Å². The fourth-order valence-corrected chi connectivity index (χ4v) is 5.10. The quantitative estimate of drug-likeness (QED) is 0.706. The van der Waals surface area contributed by atoms with E-state index in [1.54, 1.807) is 6.92 Å². The summed E-state index contributed by atoms with van der Waals surface area (Å²) in [6.07, 6.45) is 7.88. The molecule has 5 heteroatoms. The highest BCUT2D eigenvalue weighted by atomic mass is 16.5. The van der Waals surface area contributed by atoms with E-state index in [4.69, 9.17) is 4.74 Å². The number of carbonyl (C=O) groups is 2. The largest absolute Gasteiger partial charge is 0.376 e. The first-order chi connectivity index (χ1) is 14.5. The molecule has 2 saturated carbocycles. The van der Waals surface area contributed by atoms with Crippen LogP contribution in [-0.4, -0.2) is 48.6 Å². The third-order valence-corrected chi connectivity index (χ3v) is 7.06. The van der Waals surface area contributed by atoms with E-state index in [9.17, 15) is 9.59 Å². The zero-order valence-corrected chi connectivity index (χ0v) is 18.4. The number of aryl methyl sites for hydroxylation is 1. The van der Waals surface area contributed by atoms with Crippen LogP contribution in [0.2, 0.25) is 0 Å². The van der Waals surface area contributed by atoms with Gasteiger partial charge in [0.05, 0.1) is 12.1 Å². The van der Waals surface area contributed by atoms with E-state index >= 15 is 0 Å². The van der Waals surface area contributed by atoms with E-state index in [2.05, 4.69) is 24.4 Å². The van der Waals surface area contributed by atoms with Crippen molar-refractivity contribution < 1.29 is 14.3 Å². The minimum Gasteiger partial charge on any atom is -0.376 e. The Hall–Kier alpha value is -1.88. The van der Waals surface area contributed by atoms with Crippen molar-refractivity contribution in [3.05, 3.63) is 35.4 Å². The van der Waals surface area contributed by atoms with Crippen LogP contribution in [-0.2, 0) is 16.0 Å². The van der Waals surface area contributed by atoms with Crippen molar-refractivity contribution in [2.24, 2.45) is 17.8 Å². The monoisotopic (exact) mass is 412 g/mol. The van der Waals surface area contributed by atoms with Gasteiger partial charge in [0.1, 0.15) is 0 Å².